The molecule has 100 valence electrons. The molecule has 0 aromatic carbocycles. The van der Waals surface area contributed by atoms with Crippen molar-refractivity contribution in [2.75, 3.05) is 0 Å². The molecule has 4 atom stereocenters. The third-order valence-corrected chi connectivity index (χ3v) is 5.06. The largest absolute Gasteiger partial charge is 0.478 e. The Hall–Kier alpha value is -1.09. The Morgan fingerprint density at radius 3 is 2.72 bits per heavy atom. The average Bonchev–Trinajstić information content (AvgIpc) is 2.30. The van der Waals surface area contributed by atoms with Gasteiger partial charge < -0.3 is 10.2 Å². The van der Waals surface area contributed by atoms with Gasteiger partial charge >= 0.3 is 5.97 Å². The van der Waals surface area contributed by atoms with Crippen LogP contribution < -0.4 is 0 Å². The SMILES string of the molecule is C=C(C(=O)O)[C@H]1C[C@H](O)[C@]2(C)CCCC(=C)[C@@H]2C1. The van der Waals surface area contributed by atoms with E-state index in [1.807, 2.05) is 0 Å². The van der Waals surface area contributed by atoms with Crippen molar-refractivity contribution in [3.63, 3.8) is 0 Å². The Balaban J connectivity index is 2.23. The lowest BCUT2D eigenvalue weighted by molar-refractivity contribution is -0.134. The summed E-state index contributed by atoms with van der Waals surface area (Å²) in [6.45, 7) is 9.90. The van der Waals surface area contributed by atoms with Crippen LogP contribution in [0, 0.1) is 17.3 Å². The predicted molar refractivity (Wildman–Crippen MR) is 70.1 cm³/mol. The lowest BCUT2D eigenvalue weighted by Crippen LogP contribution is -2.48. The fourth-order valence-corrected chi connectivity index (χ4v) is 3.72. The van der Waals surface area contributed by atoms with Crippen LogP contribution in [-0.4, -0.2) is 22.3 Å². The van der Waals surface area contributed by atoms with Crippen molar-refractivity contribution in [2.24, 2.45) is 17.3 Å². The van der Waals surface area contributed by atoms with Gasteiger partial charge in [-0.25, -0.2) is 4.79 Å². The van der Waals surface area contributed by atoms with E-state index in [9.17, 15) is 9.90 Å². The predicted octanol–water partition coefficient (Wildman–Crippen LogP) is 2.76. The van der Waals surface area contributed by atoms with Gasteiger partial charge in [0, 0.05) is 11.0 Å². The molecule has 2 rings (SSSR count). The van der Waals surface area contributed by atoms with Crippen LogP contribution in [0.25, 0.3) is 0 Å². The molecular formula is C15H22O3. The van der Waals surface area contributed by atoms with Crippen LogP contribution >= 0.6 is 0 Å². The Morgan fingerprint density at radius 2 is 2.11 bits per heavy atom. The molecular weight excluding hydrogens is 228 g/mol. The van der Waals surface area contributed by atoms with E-state index in [1.54, 1.807) is 0 Å². The van der Waals surface area contributed by atoms with Gasteiger partial charge in [0.05, 0.1) is 6.10 Å². The molecule has 0 aromatic rings. The summed E-state index contributed by atoms with van der Waals surface area (Å²) in [6.07, 6.45) is 3.93. The number of aliphatic hydroxyl groups excluding tert-OH is 1. The van der Waals surface area contributed by atoms with E-state index in [0.717, 1.165) is 25.7 Å². The minimum atomic E-state index is -0.947. The molecule has 2 saturated carbocycles. The third kappa shape index (κ3) is 2.01. The highest BCUT2D eigenvalue weighted by atomic mass is 16.4. The molecule has 0 saturated heterocycles. The normalized spacial score (nSPS) is 40.1. The van der Waals surface area contributed by atoms with Gasteiger partial charge in [0.25, 0.3) is 0 Å². The number of fused-ring (bicyclic) bond motifs is 1. The standard InChI is InChI=1S/C15H22O3/c1-9-5-4-6-15(3)12(9)7-11(8-13(15)16)10(2)14(17)18/h11-13,16H,1-2,4-8H2,3H3,(H,17,18)/t11-,12+,13+,15-/m1/s1. The van der Waals surface area contributed by atoms with Gasteiger partial charge in [-0.05, 0) is 43.9 Å². The Kier molecular flexibility index (Phi) is 3.37. The van der Waals surface area contributed by atoms with Crippen LogP contribution in [0.4, 0.5) is 0 Å². The highest BCUT2D eigenvalue weighted by molar-refractivity contribution is 5.86. The summed E-state index contributed by atoms with van der Waals surface area (Å²) < 4.78 is 0. The minimum absolute atomic E-state index is 0.120. The molecule has 0 spiro atoms. The van der Waals surface area contributed by atoms with Gasteiger partial charge in [-0.2, -0.15) is 0 Å². The van der Waals surface area contributed by atoms with E-state index in [-0.39, 0.29) is 22.8 Å². The zero-order chi connectivity index (χ0) is 13.5. The maximum Gasteiger partial charge on any atom is 0.331 e. The highest BCUT2D eigenvalue weighted by Crippen LogP contribution is 2.54. The van der Waals surface area contributed by atoms with Gasteiger partial charge in [0.2, 0.25) is 0 Å². The number of aliphatic hydroxyl groups is 1. The van der Waals surface area contributed by atoms with Crippen LogP contribution in [0.15, 0.2) is 24.3 Å². The highest BCUT2D eigenvalue weighted by Gasteiger charge is 2.49. The number of allylic oxidation sites excluding steroid dienone is 1. The summed E-state index contributed by atoms with van der Waals surface area (Å²) in [7, 11) is 0. The molecule has 18 heavy (non-hydrogen) atoms. The molecule has 0 aromatic heterocycles. The summed E-state index contributed by atoms with van der Waals surface area (Å²) >= 11 is 0. The number of rotatable bonds is 2. The molecule has 0 unspecified atom stereocenters. The first-order chi connectivity index (χ1) is 8.36. The van der Waals surface area contributed by atoms with Crippen molar-refractivity contribution < 1.29 is 15.0 Å². The van der Waals surface area contributed by atoms with Gasteiger partial charge in [-0.1, -0.05) is 25.7 Å². The zero-order valence-corrected chi connectivity index (χ0v) is 11.0. The van der Waals surface area contributed by atoms with Crippen LogP contribution in [-0.2, 0) is 4.79 Å². The van der Waals surface area contributed by atoms with Crippen molar-refractivity contribution in [1.29, 1.82) is 0 Å². The number of hydrogen-bond acceptors (Lipinski definition) is 2. The summed E-state index contributed by atoms with van der Waals surface area (Å²) in [5, 5.41) is 19.5. The minimum Gasteiger partial charge on any atom is -0.478 e. The lowest BCUT2D eigenvalue weighted by Gasteiger charge is -2.51. The summed E-state index contributed by atoms with van der Waals surface area (Å²) in [5.41, 5.74) is 1.28. The average molecular weight is 250 g/mol. The van der Waals surface area contributed by atoms with Crippen LogP contribution in [0.2, 0.25) is 0 Å². The topological polar surface area (TPSA) is 57.5 Å². The van der Waals surface area contributed by atoms with Crippen LogP contribution in [0.3, 0.4) is 0 Å². The molecule has 2 aliphatic carbocycles. The molecule has 0 aliphatic heterocycles. The zero-order valence-electron chi connectivity index (χ0n) is 11.0. The fourth-order valence-electron chi connectivity index (χ4n) is 3.72. The molecule has 3 nitrogen and oxygen atoms in total. The summed E-state index contributed by atoms with van der Waals surface area (Å²) in [6, 6.07) is 0. The molecule has 0 radical (unpaired) electrons. The maximum atomic E-state index is 11.0. The Morgan fingerprint density at radius 1 is 1.44 bits per heavy atom. The van der Waals surface area contributed by atoms with Gasteiger partial charge in [-0.15, -0.1) is 0 Å². The second kappa shape index (κ2) is 4.54. The number of aliphatic carboxylic acids is 1. The molecule has 0 heterocycles. The molecule has 3 heteroatoms. The fraction of sp³-hybridized carbons (Fsp3) is 0.667. The quantitative estimate of drug-likeness (QED) is 0.585. The van der Waals surface area contributed by atoms with E-state index in [2.05, 4.69) is 20.1 Å². The molecule has 2 aliphatic rings. The van der Waals surface area contributed by atoms with Crippen molar-refractivity contribution in [1.82, 2.24) is 0 Å². The van der Waals surface area contributed by atoms with Gasteiger partial charge in [-0.3, -0.25) is 0 Å². The second-order valence-electron chi connectivity index (χ2n) is 6.08. The number of hydrogen-bond donors (Lipinski definition) is 2. The van der Waals surface area contributed by atoms with Crippen LogP contribution in [0.5, 0.6) is 0 Å². The first-order valence-corrected chi connectivity index (χ1v) is 6.64. The van der Waals surface area contributed by atoms with E-state index >= 15 is 0 Å². The summed E-state index contributed by atoms with van der Waals surface area (Å²) in [4.78, 5) is 11.0. The van der Waals surface area contributed by atoms with Gasteiger partial charge in [0.1, 0.15) is 0 Å². The molecule has 0 bridgehead atoms. The third-order valence-electron chi connectivity index (χ3n) is 5.06. The van der Waals surface area contributed by atoms with E-state index < -0.39 is 12.1 Å². The first kappa shape index (κ1) is 13.3. The number of carboxylic acid groups (broad SMARTS) is 1. The molecule has 2 N–H and O–H groups in total. The first-order valence-electron chi connectivity index (χ1n) is 6.64. The smallest absolute Gasteiger partial charge is 0.331 e. The summed E-state index contributed by atoms with van der Waals surface area (Å²) in [5.74, 6) is -0.834. The number of carbonyl (C=O) groups is 1. The van der Waals surface area contributed by atoms with E-state index in [4.69, 9.17) is 5.11 Å². The van der Waals surface area contributed by atoms with Gasteiger partial charge in [0.15, 0.2) is 0 Å². The Labute approximate surface area is 108 Å². The maximum absolute atomic E-state index is 11.0. The lowest BCUT2D eigenvalue weighted by atomic mass is 9.55. The van der Waals surface area contributed by atoms with E-state index in [0.29, 0.717) is 6.42 Å². The van der Waals surface area contributed by atoms with E-state index in [1.165, 1.54) is 5.57 Å². The Bertz CT molecular complexity index is 399. The molecule has 0 amide bonds. The second-order valence-corrected chi connectivity index (χ2v) is 6.08. The van der Waals surface area contributed by atoms with Crippen LogP contribution in [0.1, 0.15) is 39.0 Å². The van der Waals surface area contributed by atoms with Crippen molar-refractivity contribution in [3.05, 3.63) is 24.3 Å². The number of carboxylic acids is 1. The molecule has 2 fully saturated rings. The van der Waals surface area contributed by atoms with Crippen molar-refractivity contribution in [2.45, 2.75) is 45.1 Å². The monoisotopic (exact) mass is 250 g/mol. The van der Waals surface area contributed by atoms with Crippen molar-refractivity contribution >= 4 is 5.97 Å². The van der Waals surface area contributed by atoms with Crippen molar-refractivity contribution in [3.8, 4) is 0 Å².